The van der Waals surface area contributed by atoms with Gasteiger partial charge in [-0.05, 0) is 30.5 Å². The molecule has 2 aromatic rings. The van der Waals surface area contributed by atoms with Gasteiger partial charge >= 0.3 is 6.03 Å². The molecule has 0 aliphatic carbocycles. The fraction of sp³-hybridized carbons (Fsp3) is 0.333. The molecule has 0 bridgehead atoms. The monoisotopic (exact) mass is 430 g/mol. The highest BCUT2D eigenvalue weighted by Crippen LogP contribution is 2.14. The molecular weight excluding hydrogens is 404 g/mol. The third-order valence-corrected chi connectivity index (χ3v) is 6.42. The Kier molecular flexibility index (Phi) is 7.56. The number of amides is 3. The van der Waals surface area contributed by atoms with Crippen molar-refractivity contribution in [3.05, 3.63) is 66.2 Å². The Labute approximate surface area is 176 Å². The van der Waals surface area contributed by atoms with E-state index in [1.54, 1.807) is 30.3 Å². The zero-order chi connectivity index (χ0) is 21.4. The van der Waals surface area contributed by atoms with Gasteiger partial charge < -0.3 is 5.32 Å². The van der Waals surface area contributed by atoms with Crippen molar-refractivity contribution in [3.8, 4) is 0 Å². The molecular formula is C21H26N4O4S. The fourth-order valence-corrected chi connectivity index (χ4v) is 4.61. The highest BCUT2D eigenvalue weighted by molar-refractivity contribution is 7.89. The Balaban J connectivity index is 1.38. The molecule has 1 aliphatic rings. The first-order chi connectivity index (χ1) is 14.4. The average molecular weight is 431 g/mol. The Morgan fingerprint density at radius 3 is 2.17 bits per heavy atom. The van der Waals surface area contributed by atoms with Crippen LogP contribution in [0.5, 0.6) is 0 Å². The van der Waals surface area contributed by atoms with Crippen molar-refractivity contribution in [1.82, 2.24) is 20.3 Å². The number of carbonyl (C=O) groups is 2. The van der Waals surface area contributed by atoms with Gasteiger partial charge in [0.05, 0.1) is 11.4 Å². The summed E-state index contributed by atoms with van der Waals surface area (Å²) in [6, 6.07) is 17.0. The fourth-order valence-electron chi connectivity index (χ4n) is 3.29. The van der Waals surface area contributed by atoms with Crippen LogP contribution in [-0.4, -0.2) is 50.9 Å². The van der Waals surface area contributed by atoms with Crippen LogP contribution in [0.15, 0.2) is 65.6 Å². The Morgan fingerprint density at radius 2 is 1.53 bits per heavy atom. The van der Waals surface area contributed by atoms with Crippen molar-refractivity contribution in [3.63, 3.8) is 0 Å². The number of piperidine rings is 1. The topological polar surface area (TPSA) is 108 Å². The van der Waals surface area contributed by atoms with Gasteiger partial charge in [0.1, 0.15) is 0 Å². The maximum absolute atomic E-state index is 12.4. The lowest BCUT2D eigenvalue weighted by molar-refractivity contribution is -0.121. The summed E-state index contributed by atoms with van der Waals surface area (Å²) >= 11 is 0. The lowest BCUT2D eigenvalue weighted by Crippen LogP contribution is -2.49. The molecule has 0 aromatic heterocycles. The number of nitrogens with zero attached hydrogens (tertiary/aromatic N) is 1. The van der Waals surface area contributed by atoms with E-state index in [9.17, 15) is 18.0 Å². The number of urea groups is 1. The minimum Gasteiger partial charge on any atom is -0.334 e. The number of hydrogen-bond donors (Lipinski definition) is 3. The standard InChI is InChI=1S/C21H26N4O4S/c26-20(23-21(27)22-15-17-7-3-1-4-8-17)16-25-13-11-18(12-14-25)24-30(28,29)19-9-5-2-6-10-19/h1-10,18,24H,11-16H2,(H2,22,23,26,27). The van der Waals surface area contributed by atoms with E-state index >= 15 is 0 Å². The molecule has 160 valence electrons. The first-order valence-electron chi connectivity index (χ1n) is 9.84. The molecule has 1 heterocycles. The Hall–Kier alpha value is -2.75. The van der Waals surface area contributed by atoms with Crippen LogP contribution in [0.25, 0.3) is 0 Å². The molecule has 0 spiro atoms. The molecule has 8 nitrogen and oxygen atoms in total. The third-order valence-electron chi connectivity index (χ3n) is 4.88. The molecule has 1 aliphatic heterocycles. The molecule has 0 saturated carbocycles. The molecule has 3 rings (SSSR count). The zero-order valence-electron chi connectivity index (χ0n) is 16.6. The lowest BCUT2D eigenvalue weighted by Gasteiger charge is -2.31. The second kappa shape index (κ2) is 10.3. The van der Waals surface area contributed by atoms with Gasteiger partial charge in [-0.25, -0.2) is 17.9 Å². The van der Waals surface area contributed by atoms with Gasteiger partial charge in [-0.3, -0.25) is 15.0 Å². The van der Waals surface area contributed by atoms with Crippen LogP contribution >= 0.6 is 0 Å². The van der Waals surface area contributed by atoms with Crippen LogP contribution in [0.3, 0.4) is 0 Å². The van der Waals surface area contributed by atoms with E-state index in [0.717, 1.165) is 5.56 Å². The molecule has 1 fully saturated rings. The maximum Gasteiger partial charge on any atom is 0.321 e. The number of imide groups is 1. The van der Waals surface area contributed by atoms with Crippen LogP contribution in [0.1, 0.15) is 18.4 Å². The number of hydrogen-bond acceptors (Lipinski definition) is 5. The number of carbonyl (C=O) groups excluding carboxylic acids is 2. The van der Waals surface area contributed by atoms with Crippen LogP contribution in [-0.2, 0) is 21.4 Å². The molecule has 1 saturated heterocycles. The van der Waals surface area contributed by atoms with E-state index in [1.807, 2.05) is 35.2 Å². The number of benzene rings is 2. The Bertz CT molecular complexity index is 943. The van der Waals surface area contributed by atoms with Gasteiger partial charge in [-0.2, -0.15) is 0 Å². The van der Waals surface area contributed by atoms with Crippen LogP contribution < -0.4 is 15.4 Å². The van der Waals surface area contributed by atoms with E-state index < -0.39 is 16.1 Å². The lowest BCUT2D eigenvalue weighted by atomic mass is 10.1. The molecule has 2 aromatic carbocycles. The van der Waals surface area contributed by atoms with Crippen molar-refractivity contribution in [1.29, 1.82) is 0 Å². The SMILES string of the molecule is O=C(CN1CCC(NS(=O)(=O)c2ccccc2)CC1)NC(=O)NCc1ccccc1. The predicted octanol–water partition coefficient (Wildman–Crippen LogP) is 1.46. The number of sulfonamides is 1. The summed E-state index contributed by atoms with van der Waals surface area (Å²) in [6.45, 7) is 1.58. The number of nitrogens with one attached hydrogen (secondary N) is 3. The second-order valence-corrected chi connectivity index (χ2v) is 8.92. The van der Waals surface area contributed by atoms with Gasteiger partial charge in [-0.1, -0.05) is 48.5 Å². The first-order valence-corrected chi connectivity index (χ1v) is 11.3. The summed E-state index contributed by atoms with van der Waals surface area (Å²) in [5.41, 5.74) is 0.945. The van der Waals surface area contributed by atoms with Gasteiger partial charge in [0.2, 0.25) is 15.9 Å². The molecule has 30 heavy (non-hydrogen) atoms. The molecule has 0 radical (unpaired) electrons. The average Bonchev–Trinajstić information content (AvgIpc) is 2.75. The predicted molar refractivity (Wildman–Crippen MR) is 113 cm³/mol. The third kappa shape index (κ3) is 6.65. The molecule has 9 heteroatoms. The molecule has 3 amide bonds. The van der Waals surface area contributed by atoms with Gasteiger partial charge in [0.15, 0.2) is 0 Å². The first kappa shape index (κ1) is 21.9. The molecule has 0 atom stereocenters. The van der Waals surface area contributed by atoms with Crippen LogP contribution in [0, 0.1) is 0 Å². The van der Waals surface area contributed by atoms with Gasteiger partial charge in [0, 0.05) is 25.7 Å². The summed E-state index contributed by atoms with van der Waals surface area (Å²) in [4.78, 5) is 26.1. The minimum absolute atomic E-state index is 0.0942. The van der Waals surface area contributed by atoms with Crippen LogP contribution in [0.4, 0.5) is 4.79 Å². The highest BCUT2D eigenvalue weighted by Gasteiger charge is 2.25. The van der Waals surface area contributed by atoms with E-state index in [4.69, 9.17) is 0 Å². The van der Waals surface area contributed by atoms with Crippen molar-refractivity contribution >= 4 is 22.0 Å². The number of rotatable bonds is 7. The smallest absolute Gasteiger partial charge is 0.321 e. The normalized spacial score (nSPS) is 15.5. The number of likely N-dealkylation sites (tertiary alicyclic amines) is 1. The minimum atomic E-state index is -3.55. The van der Waals surface area contributed by atoms with Gasteiger partial charge in [-0.15, -0.1) is 0 Å². The van der Waals surface area contributed by atoms with E-state index in [1.165, 1.54) is 0 Å². The summed E-state index contributed by atoms with van der Waals surface area (Å²) in [5, 5.41) is 4.98. The molecule has 0 unspecified atom stereocenters. The quantitative estimate of drug-likeness (QED) is 0.616. The Morgan fingerprint density at radius 1 is 0.933 bits per heavy atom. The van der Waals surface area contributed by atoms with Crippen LogP contribution in [0.2, 0.25) is 0 Å². The van der Waals surface area contributed by atoms with E-state index in [2.05, 4.69) is 15.4 Å². The summed E-state index contributed by atoms with van der Waals surface area (Å²) in [5.74, 6) is -0.385. The highest BCUT2D eigenvalue weighted by atomic mass is 32.2. The molecule has 3 N–H and O–H groups in total. The van der Waals surface area contributed by atoms with Gasteiger partial charge in [0.25, 0.3) is 0 Å². The van der Waals surface area contributed by atoms with E-state index in [0.29, 0.717) is 32.5 Å². The summed E-state index contributed by atoms with van der Waals surface area (Å²) < 4.78 is 27.6. The second-order valence-electron chi connectivity index (χ2n) is 7.20. The van der Waals surface area contributed by atoms with Crippen molar-refractivity contribution in [2.24, 2.45) is 0 Å². The summed E-state index contributed by atoms with van der Waals surface area (Å²) in [7, 11) is -3.55. The van der Waals surface area contributed by atoms with Crippen molar-refractivity contribution in [2.45, 2.75) is 30.3 Å². The largest absolute Gasteiger partial charge is 0.334 e. The van der Waals surface area contributed by atoms with Crippen molar-refractivity contribution in [2.75, 3.05) is 19.6 Å². The zero-order valence-corrected chi connectivity index (χ0v) is 17.4. The van der Waals surface area contributed by atoms with Crippen molar-refractivity contribution < 1.29 is 18.0 Å². The van der Waals surface area contributed by atoms with E-state index in [-0.39, 0.29) is 23.4 Å². The maximum atomic E-state index is 12.4. The summed E-state index contributed by atoms with van der Waals surface area (Å²) in [6.07, 6.45) is 1.19.